The van der Waals surface area contributed by atoms with Crippen molar-refractivity contribution in [2.75, 3.05) is 40.4 Å². The number of pyridine rings is 2. The highest BCUT2D eigenvalue weighted by molar-refractivity contribution is 6.39. The van der Waals surface area contributed by atoms with Crippen LogP contribution in [0.1, 0.15) is 57.6 Å². The van der Waals surface area contributed by atoms with Gasteiger partial charge < -0.3 is 29.9 Å². The average Bonchev–Trinajstić information content (AvgIpc) is 3.19. The van der Waals surface area contributed by atoms with Crippen molar-refractivity contribution in [1.29, 1.82) is 0 Å². The number of aromatic nitrogens is 2. The summed E-state index contributed by atoms with van der Waals surface area (Å²) in [5, 5.41) is 8.27. The summed E-state index contributed by atoms with van der Waals surface area (Å²) in [6, 6.07) is 18.4. The van der Waals surface area contributed by atoms with E-state index in [1.807, 2.05) is 78.2 Å². The summed E-state index contributed by atoms with van der Waals surface area (Å²) in [7, 11) is 3.29. The van der Waals surface area contributed by atoms with E-state index in [9.17, 15) is 9.59 Å². The smallest absolute Gasteiger partial charge is 0.225 e. The molecule has 6 rings (SSSR count). The van der Waals surface area contributed by atoms with Crippen LogP contribution in [0, 0.1) is 5.92 Å². The van der Waals surface area contributed by atoms with Crippen molar-refractivity contribution in [3.05, 3.63) is 82.0 Å². The van der Waals surface area contributed by atoms with Gasteiger partial charge in [-0.15, -0.1) is 0 Å². The number of nitrogens with one attached hydrogen (secondary N) is 2. The number of halogens is 2. The number of methoxy groups -OCH3 is 2. The van der Waals surface area contributed by atoms with Crippen LogP contribution in [0.4, 0.5) is 0 Å². The van der Waals surface area contributed by atoms with E-state index in [0.29, 0.717) is 52.5 Å². The van der Waals surface area contributed by atoms with Crippen LogP contribution in [-0.4, -0.2) is 84.1 Å². The zero-order valence-electron chi connectivity index (χ0n) is 31.8. The first-order chi connectivity index (χ1) is 26.1. The van der Waals surface area contributed by atoms with E-state index >= 15 is 0 Å². The van der Waals surface area contributed by atoms with Gasteiger partial charge in [0.15, 0.2) is 0 Å². The Labute approximate surface area is 328 Å². The summed E-state index contributed by atoms with van der Waals surface area (Å²) >= 11 is 14.3. The minimum Gasteiger partial charge on any atom is -0.496 e. The number of piperidine rings is 2. The largest absolute Gasteiger partial charge is 0.496 e. The van der Waals surface area contributed by atoms with Gasteiger partial charge in [0.1, 0.15) is 5.75 Å². The van der Waals surface area contributed by atoms with E-state index in [4.69, 9.17) is 37.7 Å². The molecule has 2 amide bonds. The van der Waals surface area contributed by atoms with Gasteiger partial charge in [-0.25, -0.2) is 4.98 Å². The van der Waals surface area contributed by atoms with Crippen LogP contribution in [0.2, 0.25) is 10.0 Å². The molecule has 2 aliphatic rings. The summed E-state index contributed by atoms with van der Waals surface area (Å²) in [5.41, 5.74) is 6.39. The van der Waals surface area contributed by atoms with Gasteiger partial charge >= 0.3 is 0 Å². The van der Waals surface area contributed by atoms with Crippen molar-refractivity contribution in [3.8, 4) is 45.3 Å². The molecule has 286 valence electrons. The van der Waals surface area contributed by atoms with Crippen molar-refractivity contribution in [3.63, 3.8) is 0 Å². The summed E-state index contributed by atoms with van der Waals surface area (Å²) in [6.45, 7) is 9.87. The molecule has 2 aromatic carbocycles. The van der Waals surface area contributed by atoms with Crippen molar-refractivity contribution in [1.82, 2.24) is 30.4 Å². The first-order valence-corrected chi connectivity index (χ1v) is 19.5. The molecule has 0 spiro atoms. The Morgan fingerprint density at radius 2 is 1.41 bits per heavy atom. The minimum absolute atomic E-state index is 0.0255. The molecule has 2 saturated heterocycles. The lowest BCUT2D eigenvalue weighted by atomic mass is 9.99. The second-order valence-electron chi connectivity index (χ2n) is 14.4. The predicted octanol–water partition coefficient (Wildman–Crippen LogP) is 7.64. The number of amides is 2. The number of benzene rings is 2. The second-order valence-corrected chi connectivity index (χ2v) is 15.1. The van der Waals surface area contributed by atoms with Crippen LogP contribution < -0.4 is 20.1 Å². The Morgan fingerprint density at radius 3 is 2.04 bits per heavy atom. The molecule has 0 aliphatic carbocycles. The quantitative estimate of drug-likeness (QED) is 0.151. The molecular weight excluding hydrogens is 723 g/mol. The van der Waals surface area contributed by atoms with Gasteiger partial charge in [-0.05, 0) is 43.9 Å². The maximum atomic E-state index is 12.4. The fourth-order valence-electron chi connectivity index (χ4n) is 7.34. The van der Waals surface area contributed by atoms with Crippen molar-refractivity contribution >= 4 is 35.0 Å². The zero-order chi connectivity index (χ0) is 38.4. The van der Waals surface area contributed by atoms with E-state index < -0.39 is 0 Å². The molecule has 0 atom stereocenters. The van der Waals surface area contributed by atoms with Gasteiger partial charge in [-0.1, -0.05) is 73.4 Å². The van der Waals surface area contributed by atoms with Gasteiger partial charge in [-0.3, -0.25) is 14.6 Å². The number of nitrogens with zero attached hydrogens (tertiary/aromatic N) is 4. The highest BCUT2D eigenvalue weighted by Crippen LogP contribution is 2.42. The molecule has 12 heteroatoms. The van der Waals surface area contributed by atoms with Crippen molar-refractivity contribution < 1.29 is 19.1 Å². The van der Waals surface area contributed by atoms with E-state index in [1.165, 1.54) is 0 Å². The third-order valence-corrected chi connectivity index (χ3v) is 11.3. The normalized spacial score (nSPS) is 15.5. The summed E-state index contributed by atoms with van der Waals surface area (Å²) < 4.78 is 11.5. The molecule has 2 N–H and O–H groups in total. The van der Waals surface area contributed by atoms with Crippen LogP contribution in [0.15, 0.2) is 60.8 Å². The Bertz CT molecular complexity index is 1960. The standard InChI is InChI=1S/C42H50Cl2N6O4/c1-26(2)42(52)50-21-16-32(17-22-50)46-24-29-10-9-28(23-37(29)53-4)40-39(44)34(13-18-45-40)33-7-6-8-35(38(33)43)36-12-11-30(41(48-36)54-5)25-47-31-14-19-49(20-15-31)27(3)51/h6-13,18,23,26,31-32,46-47H,14-17,19-22,24-25H2,1-5H3. The SMILES string of the molecule is COc1cc(-c2nccc(-c3cccc(-c4ccc(CNC5CCN(C(C)=O)CC5)c(OC)n4)c3Cl)c2Cl)ccc1CNC1CCN(C(=O)C(C)C)CC1. The van der Waals surface area contributed by atoms with E-state index in [0.717, 1.165) is 91.0 Å². The Kier molecular flexibility index (Phi) is 13.1. The number of rotatable bonds is 12. The fourth-order valence-corrected chi connectivity index (χ4v) is 7.98. The summed E-state index contributed by atoms with van der Waals surface area (Å²) in [6.07, 6.45) is 5.41. The highest BCUT2D eigenvalue weighted by atomic mass is 35.5. The molecule has 0 saturated carbocycles. The van der Waals surface area contributed by atoms with Gasteiger partial charge in [0.25, 0.3) is 0 Å². The van der Waals surface area contributed by atoms with Gasteiger partial charge in [0.2, 0.25) is 17.7 Å². The third kappa shape index (κ3) is 9.00. The van der Waals surface area contributed by atoms with Crippen molar-refractivity contribution in [2.24, 2.45) is 5.92 Å². The summed E-state index contributed by atoms with van der Waals surface area (Å²) in [4.78, 5) is 37.5. The van der Waals surface area contributed by atoms with E-state index in [2.05, 4.69) is 15.6 Å². The van der Waals surface area contributed by atoms with E-state index in [-0.39, 0.29) is 17.7 Å². The van der Waals surface area contributed by atoms with Crippen LogP contribution in [-0.2, 0) is 22.7 Å². The number of carbonyl (C=O) groups excluding carboxylic acids is 2. The number of ether oxygens (including phenoxy) is 2. The average molecular weight is 774 g/mol. The maximum absolute atomic E-state index is 12.4. The minimum atomic E-state index is 0.0255. The number of hydrogen-bond donors (Lipinski definition) is 2. The number of likely N-dealkylation sites (tertiary alicyclic amines) is 2. The van der Waals surface area contributed by atoms with Crippen LogP contribution in [0.3, 0.4) is 0 Å². The molecule has 10 nitrogen and oxygen atoms in total. The van der Waals surface area contributed by atoms with Crippen molar-refractivity contribution in [2.45, 2.75) is 71.6 Å². The zero-order valence-corrected chi connectivity index (χ0v) is 33.3. The number of carbonyl (C=O) groups is 2. The Hall–Kier alpha value is -4.22. The molecule has 0 radical (unpaired) electrons. The van der Waals surface area contributed by atoms with Crippen LogP contribution in [0.25, 0.3) is 33.6 Å². The molecule has 4 heterocycles. The lowest BCUT2D eigenvalue weighted by Gasteiger charge is -2.33. The second kappa shape index (κ2) is 17.9. The summed E-state index contributed by atoms with van der Waals surface area (Å²) in [5.74, 6) is 1.65. The molecule has 0 bridgehead atoms. The maximum Gasteiger partial charge on any atom is 0.225 e. The monoisotopic (exact) mass is 772 g/mol. The van der Waals surface area contributed by atoms with Crippen LogP contribution >= 0.6 is 23.2 Å². The Morgan fingerprint density at radius 1 is 0.796 bits per heavy atom. The van der Waals surface area contributed by atoms with Gasteiger partial charge in [-0.2, -0.15) is 0 Å². The molecule has 2 fully saturated rings. The third-order valence-electron chi connectivity index (χ3n) is 10.6. The lowest BCUT2D eigenvalue weighted by molar-refractivity contribution is -0.135. The van der Waals surface area contributed by atoms with Gasteiger partial charge in [0.05, 0.1) is 35.7 Å². The first-order valence-electron chi connectivity index (χ1n) is 18.7. The first kappa shape index (κ1) is 39.5. The molecular formula is C42H50Cl2N6O4. The molecule has 4 aromatic rings. The predicted molar refractivity (Wildman–Crippen MR) is 215 cm³/mol. The van der Waals surface area contributed by atoms with Crippen LogP contribution in [0.5, 0.6) is 11.6 Å². The Balaban J connectivity index is 1.16. The number of hydrogen-bond acceptors (Lipinski definition) is 8. The molecule has 2 aromatic heterocycles. The van der Waals surface area contributed by atoms with Gasteiger partial charge in [0, 0.05) is 104 Å². The highest BCUT2D eigenvalue weighted by Gasteiger charge is 2.25. The fraction of sp³-hybridized carbons (Fsp3) is 0.429. The van der Waals surface area contributed by atoms with E-state index in [1.54, 1.807) is 27.3 Å². The molecule has 2 aliphatic heterocycles. The molecule has 0 unspecified atom stereocenters. The molecule has 54 heavy (non-hydrogen) atoms. The topological polar surface area (TPSA) is 109 Å². The lowest BCUT2D eigenvalue weighted by Crippen LogP contribution is -2.46.